The second-order valence-corrected chi connectivity index (χ2v) is 4.68. The highest BCUT2D eigenvalue weighted by atomic mass is 16.2. The third kappa shape index (κ3) is 9.25. The molecule has 2 N–H and O–H groups in total. The minimum atomic E-state index is -0.245. The number of unbranched alkanes of at least 4 members (excludes halogenated alkanes) is 1. The van der Waals surface area contributed by atoms with Crippen LogP contribution in [-0.2, 0) is 9.59 Å². The summed E-state index contributed by atoms with van der Waals surface area (Å²) in [7, 11) is 0. The Labute approximate surface area is 91.8 Å². The number of carbonyl (C=O) groups excluding carboxylic acids is 2. The Morgan fingerprint density at radius 3 is 2.20 bits per heavy atom. The maximum absolute atomic E-state index is 11.3. The molecule has 2 amide bonds. The average molecular weight is 214 g/mol. The first-order valence-electron chi connectivity index (χ1n) is 5.43. The molecule has 0 atom stereocenters. The minimum absolute atomic E-state index is 0.0547. The molecular weight excluding hydrogens is 192 g/mol. The SMILES string of the molecule is CCCCC(=O)NCC(=O)NC(C)(C)C. The van der Waals surface area contributed by atoms with E-state index in [0.717, 1.165) is 12.8 Å². The number of carbonyl (C=O) groups is 2. The lowest BCUT2D eigenvalue weighted by Gasteiger charge is -2.20. The van der Waals surface area contributed by atoms with Crippen LogP contribution in [0.1, 0.15) is 47.0 Å². The summed E-state index contributed by atoms with van der Waals surface area (Å²) in [6.45, 7) is 7.82. The molecular formula is C11H22N2O2. The van der Waals surface area contributed by atoms with Crippen LogP contribution in [0.5, 0.6) is 0 Å². The quantitative estimate of drug-likeness (QED) is 0.722. The van der Waals surface area contributed by atoms with Gasteiger partial charge in [-0.25, -0.2) is 0 Å². The number of nitrogens with one attached hydrogen (secondary N) is 2. The summed E-state index contributed by atoms with van der Waals surface area (Å²) >= 11 is 0. The maximum Gasteiger partial charge on any atom is 0.239 e. The Morgan fingerprint density at radius 1 is 1.13 bits per heavy atom. The van der Waals surface area contributed by atoms with Gasteiger partial charge in [0.1, 0.15) is 0 Å². The van der Waals surface area contributed by atoms with Gasteiger partial charge in [-0.15, -0.1) is 0 Å². The van der Waals surface area contributed by atoms with Gasteiger partial charge in [0.05, 0.1) is 6.54 Å². The first kappa shape index (κ1) is 13.9. The Morgan fingerprint density at radius 2 is 1.73 bits per heavy atom. The zero-order valence-electron chi connectivity index (χ0n) is 10.1. The van der Waals surface area contributed by atoms with Gasteiger partial charge in [0.2, 0.25) is 11.8 Å². The molecule has 0 unspecified atom stereocenters. The zero-order chi connectivity index (χ0) is 11.9. The van der Waals surface area contributed by atoms with Gasteiger partial charge >= 0.3 is 0 Å². The van der Waals surface area contributed by atoms with Crippen LogP contribution in [0.2, 0.25) is 0 Å². The van der Waals surface area contributed by atoms with Crippen LogP contribution in [0, 0.1) is 0 Å². The molecule has 0 aliphatic carbocycles. The van der Waals surface area contributed by atoms with Crippen LogP contribution < -0.4 is 10.6 Å². The highest BCUT2D eigenvalue weighted by Crippen LogP contribution is 1.97. The fourth-order valence-corrected chi connectivity index (χ4v) is 1.07. The molecule has 0 aromatic rings. The van der Waals surface area contributed by atoms with E-state index >= 15 is 0 Å². The molecule has 0 bridgehead atoms. The minimum Gasteiger partial charge on any atom is -0.350 e. The molecule has 0 saturated carbocycles. The molecule has 0 rings (SSSR count). The summed E-state index contributed by atoms with van der Waals surface area (Å²) in [5.74, 6) is -0.201. The van der Waals surface area contributed by atoms with Gasteiger partial charge in [-0.2, -0.15) is 0 Å². The maximum atomic E-state index is 11.3. The summed E-state index contributed by atoms with van der Waals surface area (Å²) in [5, 5.41) is 5.37. The predicted molar refractivity (Wildman–Crippen MR) is 60.4 cm³/mol. The molecule has 0 spiro atoms. The number of amides is 2. The molecule has 4 nitrogen and oxygen atoms in total. The molecule has 0 aromatic heterocycles. The van der Waals surface area contributed by atoms with E-state index in [2.05, 4.69) is 10.6 Å². The smallest absolute Gasteiger partial charge is 0.239 e. The van der Waals surface area contributed by atoms with Crippen LogP contribution in [0.15, 0.2) is 0 Å². The van der Waals surface area contributed by atoms with Crippen LogP contribution in [-0.4, -0.2) is 23.9 Å². The zero-order valence-corrected chi connectivity index (χ0v) is 10.1. The Balaban J connectivity index is 3.67. The highest BCUT2D eigenvalue weighted by Gasteiger charge is 2.13. The van der Waals surface area contributed by atoms with Crippen molar-refractivity contribution >= 4 is 11.8 Å². The van der Waals surface area contributed by atoms with Crippen molar-refractivity contribution in [2.75, 3.05) is 6.54 Å². The first-order valence-corrected chi connectivity index (χ1v) is 5.43. The van der Waals surface area contributed by atoms with E-state index in [4.69, 9.17) is 0 Å². The van der Waals surface area contributed by atoms with Gasteiger partial charge in [0.25, 0.3) is 0 Å². The lowest BCUT2D eigenvalue weighted by Crippen LogP contribution is -2.45. The van der Waals surface area contributed by atoms with Crippen LogP contribution in [0.25, 0.3) is 0 Å². The fourth-order valence-electron chi connectivity index (χ4n) is 1.07. The van der Waals surface area contributed by atoms with E-state index in [1.165, 1.54) is 0 Å². The molecule has 15 heavy (non-hydrogen) atoms. The molecule has 0 aliphatic heterocycles. The summed E-state index contributed by atoms with van der Waals surface area (Å²) in [5.41, 5.74) is -0.245. The molecule has 4 heteroatoms. The van der Waals surface area contributed by atoms with Crippen LogP contribution >= 0.6 is 0 Å². The average Bonchev–Trinajstić information content (AvgIpc) is 2.08. The topological polar surface area (TPSA) is 58.2 Å². The van der Waals surface area contributed by atoms with Crippen LogP contribution in [0.3, 0.4) is 0 Å². The van der Waals surface area contributed by atoms with Crippen molar-refractivity contribution in [1.29, 1.82) is 0 Å². The van der Waals surface area contributed by atoms with Gasteiger partial charge < -0.3 is 10.6 Å². The van der Waals surface area contributed by atoms with Crippen molar-refractivity contribution < 1.29 is 9.59 Å². The van der Waals surface area contributed by atoms with Crippen LogP contribution in [0.4, 0.5) is 0 Å². The number of hydrogen-bond acceptors (Lipinski definition) is 2. The molecule has 0 heterocycles. The highest BCUT2D eigenvalue weighted by molar-refractivity contribution is 5.84. The number of rotatable bonds is 5. The first-order chi connectivity index (χ1) is 6.85. The summed E-state index contributed by atoms with van der Waals surface area (Å²) in [6.07, 6.45) is 2.35. The number of hydrogen-bond donors (Lipinski definition) is 2. The third-order valence-electron chi connectivity index (χ3n) is 1.72. The van der Waals surface area contributed by atoms with Gasteiger partial charge in [0, 0.05) is 12.0 Å². The lowest BCUT2D eigenvalue weighted by atomic mass is 10.1. The van der Waals surface area contributed by atoms with Crippen molar-refractivity contribution in [2.24, 2.45) is 0 Å². The van der Waals surface area contributed by atoms with Crippen molar-refractivity contribution in [1.82, 2.24) is 10.6 Å². The van der Waals surface area contributed by atoms with E-state index < -0.39 is 0 Å². The Hall–Kier alpha value is -1.06. The summed E-state index contributed by atoms with van der Waals surface area (Å²) in [4.78, 5) is 22.5. The Kier molecular flexibility index (Phi) is 5.97. The van der Waals surface area contributed by atoms with Gasteiger partial charge in [0.15, 0.2) is 0 Å². The molecule has 0 aliphatic rings. The van der Waals surface area contributed by atoms with E-state index in [1.807, 2.05) is 27.7 Å². The van der Waals surface area contributed by atoms with E-state index in [-0.39, 0.29) is 23.9 Å². The molecule has 0 fully saturated rings. The molecule has 0 aromatic carbocycles. The van der Waals surface area contributed by atoms with Crippen molar-refractivity contribution in [2.45, 2.75) is 52.5 Å². The van der Waals surface area contributed by atoms with Crippen molar-refractivity contribution in [3.05, 3.63) is 0 Å². The molecule has 88 valence electrons. The normalized spacial score (nSPS) is 10.9. The monoisotopic (exact) mass is 214 g/mol. The molecule has 0 radical (unpaired) electrons. The largest absolute Gasteiger partial charge is 0.350 e. The second kappa shape index (κ2) is 6.43. The van der Waals surface area contributed by atoms with E-state index in [0.29, 0.717) is 6.42 Å². The van der Waals surface area contributed by atoms with Gasteiger partial charge in [-0.05, 0) is 27.2 Å². The lowest BCUT2D eigenvalue weighted by molar-refractivity contribution is -0.126. The van der Waals surface area contributed by atoms with E-state index in [9.17, 15) is 9.59 Å². The second-order valence-electron chi connectivity index (χ2n) is 4.68. The summed E-state index contributed by atoms with van der Waals surface area (Å²) < 4.78 is 0. The van der Waals surface area contributed by atoms with Gasteiger partial charge in [-0.1, -0.05) is 13.3 Å². The van der Waals surface area contributed by atoms with E-state index in [1.54, 1.807) is 0 Å². The van der Waals surface area contributed by atoms with Crippen molar-refractivity contribution in [3.63, 3.8) is 0 Å². The Bertz CT molecular complexity index is 219. The fraction of sp³-hybridized carbons (Fsp3) is 0.818. The van der Waals surface area contributed by atoms with Gasteiger partial charge in [-0.3, -0.25) is 9.59 Å². The third-order valence-corrected chi connectivity index (χ3v) is 1.72. The summed E-state index contributed by atoms with van der Waals surface area (Å²) in [6, 6.07) is 0. The van der Waals surface area contributed by atoms with Crippen molar-refractivity contribution in [3.8, 4) is 0 Å². The molecule has 0 saturated heterocycles. The predicted octanol–water partition coefficient (Wildman–Crippen LogP) is 1.21. The standard InChI is InChI=1S/C11H22N2O2/c1-5-6-7-9(14)12-8-10(15)13-11(2,3)4/h5-8H2,1-4H3,(H,12,14)(H,13,15).